The Morgan fingerprint density at radius 1 is 1.12 bits per heavy atom. The predicted octanol–water partition coefficient (Wildman–Crippen LogP) is 0.971. The van der Waals surface area contributed by atoms with Gasteiger partial charge in [-0.05, 0) is 30.3 Å². The molecule has 26 heavy (non-hydrogen) atoms. The van der Waals surface area contributed by atoms with E-state index in [0.717, 1.165) is 4.47 Å². The highest BCUT2D eigenvalue weighted by atomic mass is 79.9. The fourth-order valence-electron chi connectivity index (χ4n) is 3.59. The summed E-state index contributed by atoms with van der Waals surface area (Å²) < 4.78 is 2.48. The van der Waals surface area contributed by atoms with E-state index in [-0.39, 0.29) is 17.4 Å². The van der Waals surface area contributed by atoms with Crippen molar-refractivity contribution in [3.8, 4) is 0 Å². The largest absolute Gasteiger partial charge is 0.368 e. The van der Waals surface area contributed by atoms with E-state index in [0.29, 0.717) is 28.1 Å². The number of fused-ring (bicyclic) bond motifs is 6. The molecule has 1 amide bonds. The summed E-state index contributed by atoms with van der Waals surface area (Å²) in [6, 6.07) is 12.5. The van der Waals surface area contributed by atoms with Crippen molar-refractivity contribution in [2.24, 2.45) is 10.7 Å². The maximum Gasteiger partial charge on any atom is 0.368 e. The van der Waals surface area contributed by atoms with E-state index in [4.69, 9.17) is 5.73 Å². The monoisotopic (exact) mass is 411 g/mol. The number of aliphatic imine (C=N–C) groups is 1. The highest BCUT2D eigenvalue weighted by Crippen LogP contribution is 2.40. The summed E-state index contributed by atoms with van der Waals surface area (Å²) in [5.41, 5.74) is 6.09. The van der Waals surface area contributed by atoms with Crippen LogP contribution in [0.5, 0.6) is 0 Å². The Labute approximate surface area is 154 Å². The molecule has 128 valence electrons. The van der Waals surface area contributed by atoms with E-state index in [1.54, 1.807) is 34.9 Å². The van der Waals surface area contributed by atoms with Gasteiger partial charge in [0, 0.05) is 4.47 Å². The second-order valence-corrected chi connectivity index (χ2v) is 7.01. The molecule has 5 rings (SSSR count). The number of nitrogens with two attached hydrogens (primary N) is 1. The molecule has 0 saturated carbocycles. The third kappa shape index (κ3) is 1.77. The Morgan fingerprint density at radius 2 is 1.92 bits per heavy atom. The minimum atomic E-state index is -1.45. The van der Waals surface area contributed by atoms with Crippen molar-refractivity contribution >= 4 is 50.3 Å². The van der Waals surface area contributed by atoms with Gasteiger partial charge in [-0.1, -0.05) is 28.1 Å². The summed E-state index contributed by atoms with van der Waals surface area (Å²) in [5.74, 6) is -0.0124. The average Bonchev–Trinajstić information content (AvgIpc) is 2.87. The number of guanidine groups is 1. The van der Waals surface area contributed by atoms with E-state index in [2.05, 4.69) is 36.5 Å². The summed E-state index contributed by atoms with van der Waals surface area (Å²) in [6.07, 6.45) is 0. The van der Waals surface area contributed by atoms with Crippen LogP contribution >= 0.6 is 15.9 Å². The number of nitrogens with zero attached hydrogens (tertiary/aromatic N) is 2. The number of aromatic amines is 1. The van der Waals surface area contributed by atoms with Gasteiger partial charge in [-0.2, -0.15) is 9.56 Å². The van der Waals surface area contributed by atoms with E-state index in [1.807, 2.05) is 12.1 Å². The van der Waals surface area contributed by atoms with Gasteiger partial charge in [0.15, 0.2) is 0 Å². The van der Waals surface area contributed by atoms with Crippen LogP contribution in [0.15, 0.2) is 56.7 Å². The van der Waals surface area contributed by atoms with Crippen LogP contribution in [0.25, 0.3) is 10.9 Å². The number of hydrogen-bond donors (Lipinski definition) is 4. The van der Waals surface area contributed by atoms with Crippen LogP contribution in [0.2, 0.25) is 0 Å². The van der Waals surface area contributed by atoms with Gasteiger partial charge in [-0.3, -0.25) is 9.59 Å². The molecule has 2 aliphatic rings. The minimum absolute atomic E-state index is 0.0407. The number of H-pyrrole nitrogens is 1. The molecule has 9 heteroatoms. The number of halogens is 1. The van der Waals surface area contributed by atoms with Crippen molar-refractivity contribution in [2.45, 2.75) is 5.66 Å². The van der Waals surface area contributed by atoms with Gasteiger partial charge in [0.1, 0.15) is 5.52 Å². The Kier molecular flexibility index (Phi) is 2.85. The first kappa shape index (κ1) is 15.1. The number of para-hydroxylation sites is 1. The Bertz CT molecular complexity index is 1220. The lowest BCUT2D eigenvalue weighted by atomic mass is 9.99. The lowest BCUT2D eigenvalue weighted by Gasteiger charge is -2.28. The van der Waals surface area contributed by atoms with Gasteiger partial charge in [0.2, 0.25) is 0 Å². The normalized spacial score (nSPS) is 20.3. The number of anilines is 2. The number of nitrogens with one attached hydrogen (secondary N) is 3. The van der Waals surface area contributed by atoms with Crippen molar-refractivity contribution in [1.82, 2.24) is 4.98 Å². The second-order valence-electron chi connectivity index (χ2n) is 6.09. The van der Waals surface area contributed by atoms with Gasteiger partial charge in [-0.25, -0.2) is 10.3 Å². The maximum absolute atomic E-state index is 13.1. The van der Waals surface area contributed by atoms with E-state index in [1.165, 1.54) is 0 Å². The number of hydrogen-bond acceptors (Lipinski definition) is 5. The Balaban J connectivity index is 1.99. The standard InChI is InChI=1S/C17H11BrN6O2/c18-8-5-6-11-10(7-8)17(14(26)20-11)23-15(19)22-16-21-13(25)9-3-1-2-4-12(9)24(16)17/h1-7H,(H4,19,20,21,22,23,25,26)/p+1. The summed E-state index contributed by atoms with van der Waals surface area (Å²) >= 11 is 3.45. The second kappa shape index (κ2) is 4.92. The number of rotatable bonds is 0. The van der Waals surface area contributed by atoms with Crippen molar-refractivity contribution in [1.29, 1.82) is 0 Å². The van der Waals surface area contributed by atoms with Crippen molar-refractivity contribution in [3.63, 3.8) is 0 Å². The highest BCUT2D eigenvalue weighted by Gasteiger charge is 2.56. The minimum Gasteiger partial charge on any atom is -0.357 e. The van der Waals surface area contributed by atoms with E-state index < -0.39 is 5.66 Å². The Hall–Kier alpha value is -3.20. The summed E-state index contributed by atoms with van der Waals surface area (Å²) in [5, 5.41) is 6.16. The molecular weight excluding hydrogens is 400 g/mol. The molecule has 0 radical (unpaired) electrons. The number of benzene rings is 2. The summed E-state index contributed by atoms with van der Waals surface area (Å²) in [7, 11) is 0. The fraction of sp³-hybridized carbons (Fsp3) is 0.0588. The molecule has 1 atom stereocenters. The number of carbonyl (C=O) groups excluding carboxylic acids is 1. The third-order valence-corrected chi connectivity index (χ3v) is 5.11. The smallest absolute Gasteiger partial charge is 0.357 e. The molecule has 0 saturated heterocycles. The first-order valence-electron chi connectivity index (χ1n) is 7.82. The van der Waals surface area contributed by atoms with Crippen LogP contribution in [0, 0.1) is 0 Å². The van der Waals surface area contributed by atoms with E-state index >= 15 is 0 Å². The zero-order valence-corrected chi connectivity index (χ0v) is 14.8. The Morgan fingerprint density at radius 3 is 2.77 bits per heavy atom. The summed E-state index contributed by atoms with van der Waals surface area (Å²) in [6.45, 7) is 0. The SMILES string of the molecule is NC1=NC2(C(=O)Nc3ccc(Br)cc32)[n+]2c([nH]c(=O)c3ccccc32)N1. The first-order chi connectivity index (χ1) is 12.5. The van der Waals surface area contributed by atoms with Gasteiger partial charge in [0.25, 0.3) is 17.5 Å². The van der Waals surface area contributed by atoms with E-state index in [9.17, 15) is 9.59 Å². The van der Waals surface area contributed by atoms with Crippen LogP contribution < -0.4 is 26.5 Å². The molecule has 1 aromatic heterocycles. The zero-order chi connectivity index (χ0) is 18.1. The quantitative estimate of drug-likeness (QED) is 0.412. The van der Waals surface area contributed by atoms with Crippen LogP contribution in [0.3, 0.4) is 0 Å². The van der Waals surface area contributed by atoms with Crippen molar-refractivity contribution in [3.05, 3.63) is 62.9 Å². The molecule has 3 heterocycles. The third-order valence-electron chi connectivity index (χ3n) is 4.62. The van der Waals surface area contributed by atoms with Gasteiger partial charge in [-0.15, -0.1) is 0 Å². The van der Waals surface area contributed by atoms with Gasteiger partial charge in [0.05, 0.1) is 16.6 Å². The molecule has 0 bridgehead atoms. The first-order valence-corrected chi connectivity index (χ1v) is 8.61. The van der Waals surface area contributed by atoms with Crippen LogP contribution in [0.1, 0.15) is 5.56 Å². The highest BCUT2D eigenvalue weighted by molar-refractivity contribution is 9.10. The molecule has 0 aliphatic carbocycles. The summed E-state index contributed by atoms with van der Waals surface area (Å²) in [4.78, 5) is 32.8. The predicted molar refractivity (Wildman–Crippen MR) is 99.9 cm³/mol. The lowest BCUT2D eigenvalue weighted by Crippen LogP contribution is -2.66. The molecule has 2 aromatic carbocycles. The van der Waals surface area contributed by atoms with Gasteiger partial charge >= 0.3 is 11.5 Å². The molecule has 0 fully saturated rings. The van der Waals surface area contributed by atoms with Crippen LogP contribution in [-0.4, -0.2) is 16.9 Å². The molecule has 8 nitrogen and oxygen atoms in total. The molecule has 3 aromatic rings. The molecule has 1 unspecified atom stereocenters. The number of amides is 1. The van der Waals surface area contributed by atoms with Crippen molar-refractivity contribution in [2.75, 3.05) is 10.6 Å². The van der Waals surface area contributed by atoms with Crippen LogP contribution in [0.4, 0.5) is 11.6 Å². The molecule has 1 spiro atoms. The molecule has 5 N–H and O–H groups in total. The zero-order valence-electron chi connectivity index (χ0n) is 13.2. The lowest BCUT2D eigenvalue weighted by molar-refractivity contribution is -0.702. The van der Waals surface area contributed by atoms with Crippen molar-refractivity contribution < 1.29 is 9.36 Å². The maximum atomic E-state index is 13.1. The topological polar surface area (TPSA) is 116 Å². The van der Waals surface area contributed by atoms with Gasteiger partial charge < -0.3 is 11.1 Å². The molecular formula is C17H12BrN6O2+. The average molecular weight is 412 g/mol. The molecule has 2 aliphatic heterocycles. The fourth-order valence-corrected chi connectivity index (χ4v) is 3.95. The number of aromatic nitrogens is 2. The van der Waals surface area contributed by atoms with Crippen LogP contribution in [-0.2, 0) is 10.5 Å². The number of carbonyl (C=O) groups is 1.